The highest BCUT2D eigenvalue weighted by Gasteiger charge is 2.12. The van der Waals surface area contributed by atoms with Gasteiger partial charge in [-0.3, -0.25) is 0 Å². The molecule has 0 N–H and O–H groups in total. The topological polar surface area (TPSA) is 29.0 Å². The number of rotatable bonds is 4. The van der Waals surface area contributed by atoms with E-state index in [0.29, 0.717) is 0 Å². The van der Waals surface area contributed by atoms with Crippen LogP contribution in [0.15, 0.2) is 42.0 Å². The Morgan fingerprint density at radius 3 is 2.85 bits per heavy atom. The van der Waals surface area contributed by atoms with Crippen molar-refractivity contribution in [2.45, 2.75) is 20.4 Å². The van der Waals surface area contributed by atoms with Crippen LogP contribution in [0.2, 0.25) is 0 Å². The summed E-state index contributed by atoms with van der Waals surface area (Å²) >= 11 is 1.78. The number of aryl methyl sites for hydroxylation is 1. The molecule has 2 heterocycles. The van der Waals surface area contributed by atoms with Gasteiger partial charge in [-0.1, -0.05) is 17.7 Å². The van der Waals surface area contributed by atoms with Gasteiger partial charge in [0.2, 0.25) is 0 Å². The molecule has 3 nitrogen and oxygen atoms in total. The molecule has 0 spiro atoms. The smallest absolute Gasteiger partial charge is 0.140 e. The quantitative estimate of drug-likeness (QED) is 0.724. The van der Waals surface area contributed by atoms with E-state index in [1.54, 1.807) is 17.7 Å². The van der Waals surface area contributed by atoms with Crippen molar-refractivity contribution >= 4 is 28.1 Å². The maximum absolute atomic E-state index is 4.52. The standard InChI is InChI=1S/C16H17N3S/c1-3-19(10-13-5-4-8-20-13)16-14-9-12(2)6-7-15(14)17-11-18-16/h4-9,11H,3,10H2,1-2H3. The molecule has 3 aromatic rings. The number of aromatic nitrogens is 2. The second-order valence-electron chi connectivity index (χ2n) is 4.81. The number of nitrogens with zero attached hydrogens (tertiary/aromatic N) is 3. The molecule has 0 saturated heterocycles. The highest BCUT2D eigenvalue weighted by atomic mass is 32.1. The van der Waals surface area contributed by atoms with Gasteiger partial charge in [-0.2, -0.15) is 0 Å². The monoisotopic (exact) mass is 283 g/mol. The Balaban J connectivity index is 2.04. The van der Waals surface area contributed by atoms with Crippen molar-refractivity contribution in [2.24, 2.45) is 0 Å². The maximum Gasteiger partial charge on any atom is 0.140 e. The normalized spacial score (nSPS) is 10.9. The summed E-state index contributed by atoms with van der Waals surface area (Å²) in [5, 5.41) is 3.25. The first-order valence-electron chi connectivity index (χ1n) is 6.76. The Bertz CT molecular complexity index is 707. The highest BCUT2D eigenvalue weighted by Crippen LogP contribution is 2.25. The van der Waals surface area contributed by atoms with E-state index in [0.717, 1.165) is 29.8 Å². The first-order valence-corrected chi connectivity index (χ1v) is 7.64. The largest absolute Gasteiger partial charge is 0.351 e. The molecular weight excluding hydrogens is 266 g/mol. The Hall–Kier alpha value is -1.94. The number of hydrogen-bond acceptors (Lipinski definition) is 4. The van der Waals surface area contributed by atoms with E-state index in [-0.39, 0.29) is 0 Å². The van der Waals surface area contributed by atoms with E-state index in [1.165, 1.54) is 10.4 Å². The minimum absolute atomic E-state index is 0.897. The Kier molecular flexibility index (Phi) is 3.65. The van der Waals surface area contributed by atoms with Crippen molar-refractivity contribution in [3.05, 3.63) is 52.5 Å². The van der Waals surface area contributed by atoms with Gasteiger partial charge in [-0.15, -0.1) is 11.3 Å². The predicted octanol–water partition coefficient (Wildman–Crippen LogP) is 4.03. The summed E-state index contributed by atoms with van der Waals surface area (Å²) in [7, 11) is 0. The predicted molar refractivity (Wildman–Crippen MR) is 85.3 cm³/mol. The SMILES string of the molecule is CCN(Cc1cccs1)c1ncnc2ccc(C)cc12. The molecule has 0 aliphatic carbocycles. The van der Waals surface area contributed by atoms with Crippen molar-refractivity contribution in [2.75, 3.05) is 11.4 Å². The van der Waals surface area contributed by atoms with Crippen LogP contribution in [0.3, 0.4) is 0 Å². The average Bonchev–Trinajstić information content (AvgIpc) is 2.97. The van der Waals surface area contributed by atoms with Gasteiger partial charge in [0.05, 0.1) is 12.1 Å². The van der Waals surface area contributed by atoms with Gasteiger partial charge in [0, 0.05) is 16.8 Å². The minimum Gasteiger partial charge on any atom is -0.351 e. The third-order valence-electron chi connectivity index (χ3n) is 3.38. The third-order valence-corrected chi connectivity index (χ3v) is 4.24. The zero-order valence-electron chi connectivity index (χ0n) is 11.7. The Morgan fingerprint density at radius 2 is 2.10 bits per heavy atom. The molecule has 0 aliphatic rings. The van der Waals surface area contributed by atoms with Crippen molar-refractivity contribution in [3.8, 4) is 0 Å². The fraction of sp³-hybridized carbons (Fsp3) is 0.250. The van der Waals surface area contributed by atoms with Crippen LogP contribution in [0.25, 0.3) is 10.9 Å². The number of anilines is 1. The van der Waals surface area contributed by atoms with Gasteiger partial charge in [0.25, 0.3) is 0 Å². The van der Waals surface area contributed by atoms with Gasteiger partial charge < -0.3 is 4.90 Å². The number of benzene rings is 1. The zero-order chi connectivity index (χ0) is 13.9. The molecule has 0 radical (unpaired) electrons. The fourth-order valence-corrected chi connectivity index (χ4v) is 3.06. The van der Waals surface area contributed by atoms with Crippen LogP contribution in [0.1, 0.15) is 17.4 Å². The minimum atomic E-state index is 0.897. The molecule has 0 saturated carbocycles. The molecule has 0 aliphatic heterocycles. The lowest BCUT2D eigenvalue weighted by molar-refractivity contribution is 0.826. The lowest BCUT2D eigenvalue weighted by Crippen LogP contribution is -2.23. The van der Waals surface area contributed by atoms with E-state index in [9.17, 15) is 0 Å². The summed E-state index contributed by atoms with van der Waals surface area (Å²) < 4.78 is 0. The van der Waals surface area contributed by atoms with Crippen molar-refractivity contribution < 1.29 is 0 Å². The molecule has 102 valence electrons. The third kappa shape index (κ3) is 2.51. The molecule has 0 atom stereocenters. The average molecular weight is 283 g/mol. The molecule has 0 bridgehead atoms. The van der Waals surface area contributed by atoms with E-state index in [2.05, 4.69) is 64.4 Å². The lowest BCUT2D eigenvalue weighted by Gasteiger charge is -2.22. The summed E-state index contributed by atoms with van der Waals surface area (Å²) in [6, 6.07) is 10.6. The van der Waals surface area contributed by atoms with Crippen molar-refractivity contribution in [3.63, 3.8) is 0 Å². The number of hydrogen-bond donors (Lipinski definition) is 0. The molecule has 4 heteroatoms. The summed E-state index contributed by atoms with van der Waals surface area (Å²) in [5.41, 5.74) is 2.24. The first kappa shape index (κ1) is 13.1. The van der Waals surface area contributed by atoms with Gasteiger partial charge in [0.15, 0.2) is 0 Å². The number of thiophene rings is 1. The van der Waals surface area contributed by atoms with E-state index in [1.807, 2.05) is 0 Å². The second kappa shape index (κ2) is 5.59. The van der Waals surface area contributed by atoms with E-state index in [4.69, 9.17) is 0 Å². The molecular formula is C16H17N3S. The summed E-state index contributed by atoms with van der Waals surface area (Å²) in [5.74, 6) is 1.02. The Labute approximate surface area is 122 Å². The second-order valence-corrected chi connectivity index (χ2v) is 5.84. The van der Waals surface area contributed by atoms with Crippen LogP contribution in [0.4, 0.5) is 5.82 Å². The zero-order valence-corrected chi connectivity index (χ0v) is 12.5. The van der Waals surface area contributed by atoms with Crippen LogP contribution >= 0.6 is 11.3 Å². The van der Waals surface area contributed by atoms with Crippen molar-refractivity contribution in [1.29, 1.82) is 0 Å². The summed E-state index contributed by atoms with van der Waals surface area (Å²) in [6.07, 6.45) is 1.66. The van der Waals surface area contributed by atoms with Gasteiger partial charge in [0.1, 0.15) is 12.1 Å². The van der Waals surface area contributed by atoms with Crippen LogP contribution in [0.5, 0.6) is 0 Å². The van der Waals surface area contributed by atoms with E-state index < -0.39 is 0 Å². The van der Waals surface area contributed by atoms with Gasteiger partial charge in [-0.25, -0.2) is 9.97 Å². The summed E-state index contributed by atoms with van der Waals surface area (Å²) in [4.78, 5) is 12.5. The van der Waals surface area contributed by atoms with Gasteiger partial charge >= 0.3 is 0 Å². The molecule has 0 unspecified atom stereocenters. The molecule has 0 amide bonds. The molecule has 1 aromatic carbocycles. The Morgan fingerprint density at radius 1 is 1.20 bits per heavy atom. The van der Waals surface area contributed by atoms with Crippen LogP contribution in [-0.2, 0) is 6.54 Å². The lowest BCUT2D eigenvalue weighted by atomic mass is 10.1. The molecule has 3 rings (SSSR count). The highest BCUT2D eigenvalue weighted by molar-refractivity contribution is 7.09. The maximum atomic E-state index is 4.52. The molecule has 0 fully saturated rings. The molecule has 2 aromatic heterocycles. The summed E-state index contributed by atoms with van der Waals surface area (Å²) in [6.45, 7) is 6.09. The molecule has 20 heavy (non-hydrogen) atoms. The van der Waals surface area contributed by atoms with Crippen LogP contribution in [0, 0.1) is 6.92 Å². The van der Waals surface area contributed by atoms with Crippen molar-refractivity contribution in [1.82, 2.24) is 9.97 Å². The van der Waals surface area contributed by atoms with Crippen LogP contribution < -0.4 is 4.90 Å². The van der Waals surface area contributed by atoms with Crippen LogP contribution in [-0.4, -0.2) is 16.5 Å². The number of fused-ring (bicyclic) bond motifs is 1. The first-order chi connectivity index (χ1) is 9.78. The van der Waals surface area contributed by atoms with E-state index >= 15 is 0 Å². The fourth-order valence-electron chi connectivity index (χ4n) is 2.34. The van der Waals surface area contributed by atoms with Gasteiger partial charge in [-0.05, 0) is 37.4 Å².